The first-order valence-electron chi connectivity index (χ1n) is 13.3. The number of aromatic hydroxyl groups is 1. The summed E-state index contributed by atoms with van der Waals surface area (Å²) in [6.07, 6.45) is 0. The van der Waals surface area contributed by atoms with Gasteiger partial charge in [0.05, 0.1) is 47.7 Å². The van der Waals surface area contributed by atoms with Crippen molar-refractivity contribution in [2.24, 2.45) is 4.99 Å². The van der Waals surface area contributed by atoms with E-state index in [9.17, 15) is 23.1 Å². The molecule has 0 atom stereocenters. The van der Waals surface area contributed by atoms with E-state index in [1.165, 1.54) is 7.11 Å². The lowest BCUT2D eigenvalue weighted by Crippen LogP contribution is -2.42. The number of benzene rings is 3. The number of ether oxygens (including phenoxy) is 1. The molecule has 12 heteroatoms. The zero-order valence-corrected chi connectivity index (χ0v) is 23.7. The monoisotopic (exact) mass is 590 g/mol. The minimum Gasteiger partial charge on any atom is -0.494 e. The number of methoxy groups -OCH3 is 1. The van der Waals surface area contributed by atoms with Crippen molar-refractivity contribution < 1.29 is 32.7 Å². The summed E-state index contributed by atoms with van der Waals surface area (Å²) >= 11 is 0. The number of hydroxylamine groups is 1. The molecule has 0 saturated carbocycles. The topological polar surface area (TPSA) is 150 Å². The molecule has 0 bridgehead atoms. The molecule has 0 aliphatic carbocycles. The summed E-state index contributed by atoms with van der Waals surface area (Å²) in [5.41, 5.74) is 5.94. The van der Waals surface area contributed by atoms with Gasteiger partial charge in [0.25, 0.3) is 5.91 Å². The Bertz CT molecular complexity index is 1720. The summed E-state index contributed by atoms with van der Waals surface area (Å²) in [6, 6.07) is 20.9. The largest absolute Gasteiger partial charge is 0.494 e. The summed E-state index contributed by atoms with van der Waals surface area (Å²) < 4.78 is 27.9. The number of aromatic nitrogens is 1. The minimum absolute atomic E-state index is 0.103. The van der Waals surface area contributed by atoms with Crippen LogP contribution in [-0.4, -0.2) is 85.9 Å². The molecule has 42 heavy (non-hydrogen) atoms. The van der Waals surface area contributed by atoms with E-state index in [2.05, 4.69) is 10.5 Å². The maximum atomic E-state index is 12.6. The summed E-state index contributed by atoms with van der Waals surface area (Å²) in [5.74, 6) is -0.745. The normalized spacial score (nSPS) is 15.4. The molecule has 218 valence electrons. The molecule has 1 amide bonds. The lowest BCUT2D eigenvalue weighted by molar-refractivity contribution is 0.0231. The molecule has 0 spiro atoms. The van der Waals surface area contributed by atoms with E-state index in [-0.39, 0.29) is 24.0 Å². The van der Waals surface area contributed by atoms with Crippen LogP contribution in [0.1, 0.15) is 31.8 Å². The van der Waals surface area contributed by atoms with Crippen molar-refractivity contribution in [1.29, 1.82) is 0 Å². The van der Waals surface area contributed by atoms with E-state index in [0.29, 0.717) is 58.6 Å². The first-order valence-corrected chi connectivity index (χ1v) is 15.1. The lowest BCUT2D eigenvalue weighted by Gasteiger charge is -2.26. The van der Waals surface area contributed by atoms with Gasteiger partial charge in [0.1, 0.15) is 0 Å². The molecule has 1 aliphatic heterocycles. The Balaban J connectivity index is 1.32. The van der Waals surface area contributed by atoms with Gasteiger partial charge in [0.2, 0.25) is 0 Å². The number of esters is 1. The average molecular weight is 591 g/mol. The smallest absolute Gasteiger partial charge is 0.337 e. The second-order valence-electron chi connectivity index (χ2n) is 9.75. The van der Waals surface area contributed by atoms with Crippen LogP contribution in [0, 0.1) is 0 Å². The van der Waals surface area contributed by atoms with Gasteiger partial charge in [-0.2, -0.15) is 0 Å². The molecule has 4 aromatic rings. The fourth-order valence-corrected chi connectivity index (χ4v) is 5.95. The molecule has 2 heterocycles. The summed E-state index contributed by atoms with van der Waals surface area (Å²) in [5, 5.41) is 11.6. The van der Waals surface area contributed by atoms with Gasteiger partial charge in [0, 0.05) is 41.7 Å². The van der Waals surface area contributed by atoms with Crippen molar-refractivity contribution >= 4 is 44.0 Å². The van der Waals surface area contributed by atoms with Crippen LogP contribution in [0.15, 0.2) is 77.8 Å². The maximum absolute atomic E-state index is 12.6. The molecule has 11 nitrogen and oxygen atoms in total. The van der Waals surface area contributed by atoms with E-state index in [0.717, 1.165) is 5.56 Å². The highest BCUT2D eigenvalue weighted by atomic mass is 32.2. The lowest BCUT2D eigenvalue weighted by atomic mass is 10.00. The number of carbonyl (C=O) groups excluding carboxylic acids is 2. The summed E-state index contributed by atoms with van der Waals surface area (Å²) in [4.78, 5) is 39.6. The Morgan fingerprint density at radius 2 is 1.67 bits per heavy atom. The fraction of sp³-hybridized carbons (Fsp3) is 0.233. The molecule has 1 saturated heterocycles. The quantitative estimate of drug-likeness (QED) is 0.116. The molecule has 1 aromatic heterocycles. The van der Waals surface area contributed by atoms with Crippen molar-refractivity contribution in [2.75, 3.05) is 44.9 Å². The van der Waals surface area contributed by atoms with Crippen LogP contribution in [0.25, 0.3) is 10.9 Å². The SMILES string of the molecule is COC(=O)c1ccc2c(C(=Nc3ccc(C(=O)NOCCN4CCS(=O)(=O)CC4)cc3)c3ccccc3)c(O)[nH]c2c1. The van der Waals surface area contributed by atoms with Gasteiger partial charge in [-0.25, -0.2) is 23.7 Å². The second kappa shape index (κ2) is 12.6. The van der Waals surface area contributed by atoms with Gasteiger partial charge in [-0.15, -0.1) is 0 Å². The van der Waals surface area contributed by atoms with Gasteiger partial charge in [-0.1, -0.05) is 36.4 Å². The van der Waals surface area contributed by atoms with Crippen LogP contribution in [0.4, 0.5) is 5.69 Å². The van der Waals surface area contributed by atoms with Gasteiger partial charge in [-0.3, -0.25) is 14.5 Å². The fourth-order valence-electron chi connectivity index (χ4n) is 4.67. The third-order valence-corrected chi connectivity index (χ3v) is 8.57. The highest BCUT2D eigenvalue weighted by Gasteiger charge is 2.22. The van der Waals surface area contributed by atoms with Gasteiger partial charge < -0.3 is 14.8 Å². The average Bonchev–Trinajstić information content (AvgIpc) is 3.33. The molecule has 0 unspecified atom stereocenters. The number of sulfone groups is 1. The van der Waals surface area contributed by atoms with E-state index in [1.807, 2.05) is 35.2 Å². The predicted octanol–water partition coefficient (Wildman–Crippen LogP) is 3.22. The Morgan fingerprint density at radius 1 is 0.976 bits per heavy atom. The second-order valence-corrected chi connectivity index (χ2v) is 12.1. The highest BCUT2D eigenvalue weighted by molar-refractivity contribution is 7.91. The number of amides is 1. The maximum Gasteiger partial charge on any atom is 0.337 e. The number of hydrogen-bond acceptors (Lipinski definition) is 9. The van der Waals surface area contributed by atoms with E-state index < -0.39 is 21.7 Å². The molecular formula is C30H30N4O7S. The van der Waals surface area contributed by atoms with Crippen molar-refractivity contribution in [2.45, 2.75) is 0 Å². The minimum atomic E-state index is -2.94. The van der Waals surface area contributed by atoms with Crippen LogP contribution >= 0.6 is 0 Å². The van der Waals surface area contributed by atoms with E-state index >= 15 is 0 Å². The summed E-state index contributed by atoms with van der Waals surface area (Å²) in [7, 11) is -1.64. The standard InChI is InChI=1S/C30H30N4O7S/c1-40-30(37)22-9-12-24-25(19-22)32-29(36)26(24)27(20-5-3-2-4-6-20)31-23-10-7-21(8-11-23)28(35)33-41-16-13-34-14-17-42(38,39)18-15-34/h2-12,19,32,36H,13-18H2,1H3,(H,33,35). The predicted molar refractivity (Wildman–Crippen MR) is 158 cm³/mol. The van der Waals surface area contributed by atoms with Crippen molar-refractivity contribution in [3.63, 3.8) is 0 Å². The first kappa shape index (κ1) is 29.0. The molecular weight excluding hydrogens is 560 g/mol. The summed E-state index contributed by atoms with van der Waals surface area (Å²) in [6.45, 7) is 1.65. The van der Waals surface area contributed by atoms with E-state index in [1.54, 1.807) is 42.5 Å². The third kappa shape index (κ3) is 6.68. The van der Waals surface area contributed by atoms with Gasteiger partial charge in [-0.05, 0) is 36.4 Å². The first-order chi connectivity index (χ1) is 20.2. The van der Waals surface area contributed by atoms with Crippen LogP contribution in [0.5, 0.6) is 5.88 Å². The van der Waals surface area contributed by atoms with Gasteiger partial charge >= 0.3 is 5.97 Å². The Kier molecular flexibility index (Phi) is 8.67. The van der Waals surface area contributed by atoms with Gasteiger partial charge in [0.15, 0.2) is 15.7 Å². The van der Waals surface area contributed by atoms with Crippen LogP contribution < -0.4 is 5.48 Å². The number of aromatic amines is 1. The Morgan fingerprint density at radius 3 is 2.36 bits per heavy atom. The number of carbonyl (C=O) groups is 2. The van der Waals surface area contributed by atoms with E-state index in [4.69, 9.17) is 14.6 Å². The molecule has 3 N–H and O–H groups in total. The van der Waals surface area contributed by atoms with Crippen molar-refractivity contribution in [3.05, 3.63) is 95.1 Å². The number of nitrogens with one attached hydrogen (secondary N) is 2. The number of fused-ring (bicyclic) bond motifs is 1. The van der Waals surface area contributed by atoms with Crippen LogP contribution in [-0.2, 0) is 19.4 Å². The highest BCUT2D eigenvalue weighted by Crippen LogP contribution is 2.32. The number of nitrogens with zero attached hydrogens (tertiary/aromatic N) is 2. The molecule has 3 aromatic carbocycles. The molecule has 1 fully saturated rings. The van der Waals surface area contributed by atoms with Crippen LogP contribution in [0.2, 0.25) is 0 Å². The van der Waals surface area contributed by atoms with Crippen LogP contribution in [0.3, 0.4) is 0 Å². The Hall–Kier alpha value is -4.52. The number of hydrogen-bond donors (Lipinski definition) is 3. The Labute approximate surface area is 242 Å². The zero-order valence-electron chi connectivity index (χ0n) is 22.9. The molecule has 0 radical (unpaired) electrons. The third-order valence-electron chi connectivity index (χ3n) is 6.97. The number of H-pyrrole nitrogens is 1. The molecule has 1 aliphatic rings. The van der Waals surface area contributed by atoms with Crippen molar-refractivity contribution in [3.8, 4) is 5.88 Å². The van der Waals surface area contributed by atoms with Crippen molar-refractivity contribution in [1.82, 2.24) is 15.4 Å². The molecule has 5 rings (SSSR count). The number of aliphatic imine (C=N–C) groups is 1. The number of rotatable bonds is 9. The zero-order chi connectivity index (χ0) is 29.7.